The van der Waals surface area contributed by atoms with E-state index in [1.54, 1.807) is 32.9 Å². The van der Waals surface area contributed by atoms with Crippen molar-refractivity contribution in [2.24, 2.45) is 5.92 Å². The third kappa shape index (κ3) is 7.71. The Morgan fingerprint density at radius 2 is 1.58 bits per heavy atom. The van der Waals surface area contributed by atoms with Crippen molar-refractivity contribution < 1.29 is 24.2 Å². The molecule has 3 aromatic carbocycles. The van der Waals surface area contributed by atoms with E-state index in [0.29, 0.717) is 17.7 Å². The summed E-state index contributed by atoms with van der Waals surface area (Å²) in [5.74, 6) is -0.731. The predicted molar refractivity (Wildman–Crippen MR) is 149 cm³/mol. The molecule has 0 radical (unpaired) electrons. The fraction of sp³-hybridized carbons (Fsp3) is 0.367. The molecule has 3 rings (SSSR count). The van der Waals surface area contributed by atoms with Gasteiger partial charge in [-0.2, -0.15) is 0 Å². The number of amides is 3. The number of alkyl carbamates (subject to hydrolysis) is 1. The summed E-state index contributed by atoms with van der Waals surface area (Å²) < 4.78 is 5.37. The van der Waals surface area contributed by atoms with E-state index in [9.17, 15) is 19.5 Å². The highest BCUT2D eigenvalue weighted by molar-refractivity contribution is 6.00. The number of hydrogen-bond donors (Lipinski definition) is 3. The summed E-state index contributed by atoms with van der Waals surface area (Å²) in [5, 5.41) is 17.4. The SMILES string of the molecule is CC(C)CC(NC(=O)OC(C)(C)C)C(=O)N(C)C(C(=O)Nc1ccc2ccccc2c1)c1ccc(O)cc1. The molecule has 0 fully saturated rings. The molecule has 3 amide bonds. The van der Waals surface area contributed by atoms with E-state index >= 15 is 0 Å². The molecule has 0 aliphatic heterocycles. The van der Waals surface area contributed by atoms with Crippen LogP contribution in [0, 0.1) is 5.92 Å². The Balaban J connectivity index is 1.91. The second-order valence-electron chi connectivity index (χ2n) is 10.8. The highest BCUT2D eigenvalue weighted by atomic mass is 16.6. The molecule has 2 unspecified atom stereocenters. The maximum atomic E-state index is 13.7. The van der Waals surface area contributed by atoms with Crippen molar-refractivity contribution in [3.8, 4) is 5.75 Å². The molecule has 38 heavy (non-hydrogen) atoms. The predicted octanol–water partition coefficient (Wildman–Crippen LogP) is 5.62. The maximum Gasteiger partial charge on any atom is 0.408 e. The van der Waals surface area contributed by atoms with Crippen LogP contribution in [0.15, 0.2) is 66.7 Å². The average molecular weight is 520 g/mol. The molecular weight excluding hydrogens is 482 g/mol. The van der Waals surface area contributed by atoms with Crippen LogP contribution in [0.3, 0.4) is 0 Å². The van der Waals surface area contributed by atoms with Gasteiger partial charge in [0.05, 0.1) is 0 Å². The van der Waals surface area contributed by atoms with Crippen LogP contribution < -0.4 is 10.6 Å². The van der Waals surface area contributed by atoms with Gasteiger partial charge in [0.2, 0.25) is 5.91 Å². The summed E-state index contributed by atoms with van der Waals surface area (Å²) in [4.78, 5) is 41.2. The Bertz CT molecular complexity index is 1280. The van der Waals surface area contributed by atoms with Crippen molar-refractivity contribution in [2.45, 2.75) is 58.7 Å². The monoisotopic (exact) mass is 519 g/mol. The van der Waals surface area contributed by atoms with E-state index in [4.69, 9.17) is 4.74 Å². The number of carbonyl (C=O) groups excluding carboxylic acids is 3. The molecule has 3 N–H and O–H groups in total. The van der Waals surface area contributed by atoms with Gasteiger partial charge in [-0.3, -0.25) is 9.59 Å². The van der Waals surface area contributed by atoms with Gasteiger partial charge < -0.3 is 25.4 Å². The molecular formula is C30H37N3O5. The lowest BCUT2D eigenvalue weighted by molar-refractivity contribution is -0.139. The zero-order chi connectivity index (χ0) is 28.0. The highest BCUT2D eigenvalue weighted by Gasteiger charge is 2.34. The van der Waals surface area contributed by atoms with E-state index in [-0.39, 0.29) is 11.7 Å². The van der Waals surface area contributed by atoms with Gasteiger partial charge in [-0.25, -0.2) is 4.79 Å². The number of nitrogens with one attached hydrogen (secondary N) is 2. The van der Waals surface area contributed by atoms with Gasteiger partial charge in [-0.1, -0.05) is 56.3 Å². The number of hydrogen-bond acceptors (Lipinski definition) is 5. The number of phenolic OH excluding ortho intramolecular Hbond substituents is 1. The third-order valence-corrected chi connectivity index (χ3v) is 5.91. The standard InChI is InChI=1S/C30H37N3O5/c1-19(2)17-25(32-29(37)38-30(3,4)5)28(36)33(6)26(21-12-15-24(34)16-13-21)27(35)31-23-14-11-20-9-7-8-10-22(20)18-23/h7-16,18-19,25-26,34H,17H2,1-6H3,(H,31,35)(H,32,37). The quantitative estimate of drug-likeness (QED) is 0.358. The Morgan fingerprint density at radius 3 is 2.18 bits per heavy atom. The average Bonchev–Trinajstić information content (AvgIpc) is 2.83. The van der Waals surface area contributed by atoms with Gasteiger partial charge in [0.15, 0.2) is 0 Å². The second kappa shape index (κ2) is 12.0. The van der Waals surface area contributed by atoms with Crippen LogP contribution in [0.2, 0.25) is 0 Å². The van der Waals surface area contributed by atoms with Crippen molar-refractivity contribution in [3.63, 3.8) is 0 Å². The highest BCUT2D eigenvalue weighted by Crippen LogP contribution is 2.26. The zero-order valence-corrected chi connectivity index (χ0v) is 22.8. The van der Waals surface area contributed by atoms with E-state index in [1.165, 1.54) is 24.1 Å². The van der Waals surface area contributed by atoms with Crippen molar-refractivity contribution in [3.05, 3.63) is 72.3 Å². The van der Waals surface area contributed by atoms with Crippen molar-refractivity contribution in [2.75, 3.05) is 12.4 Å². The molecule has 3 aromatic rings. The first-order valence-electron chi connectivity index (χ1n) is 12.7. The summed E-state index contributed by atoms with van der Waals surface area (Å²) in [5.41, 5.74) is 0.372. The smallest absolute Gasteiger partial charge is 0.408 e. The summed E-state index contributed by atoms with van der Waals surface area (Å²) >= 11 is 0. The maximum absolute atomic E-state index is 13.7. The van der Waals surface area contributed by atoms with Gasteiger partial charge in [-0.15, -0.1) is 0 Å². The molecule has 8 nitrogen and oxygen atoms in total. The molecule has 0 spiro atoms. The number of aromatic hydroxyl groups is 1. The minimum absolute atomic E-state index is 0.0423. The molecule has 202 valence electrons. The first-order chi connectivity index (χ1) is 17.8. The third-order valence-electron chi connectivity index (χ3n) is 5.91. The summed E-state index contributed by atoms with van der Waals surface area (Å²) in [6.45, 7) is 9.13. The summed E-state index contributed by atoms with van der Waals surface area (Å²) in [6, 6.07) is 17.6. The van der Waals surface area contributed by atoms with Crippen LogP contribution in [-0.2, 0) is 14.3 Å². The van der Waals surface area contributed by atoms with Crippen LogP contribution in [0.25, 0.3) is 10.8 Å². The van der Waals surface area contributed by atoms with Crippen molar-refractivity contribution in [1.29, 1.82) is 0 Å². The Kier molecular flexibility index (Phi) is 8.99. The number of anilines is 1. The Morgan fingerprint density at radius 1 is 0.947 bits per heavy atom. The minimum Gasteiger partial charge on any atom is -0.508 e. The van der Waals surface area contributed by atoms with Crippen LogP contribution in [-0.4, -0.2) is 46.6 Å². The lowest BCUT2D eigenvalue weighted by Gasteiger charge is -2.32. The van der Waals surface area contributed by atoms with E-state index < -0.39 is 35.6 Å². The first kappa shape index (κ1) is 28.5. The number of fused-ring (bicyclic) bond motifs is 1. The van der Waals surface area contributed by atoms with E-state index in [0.717, 1.165) is 10.8 Å². The normalized spacial score (nSPS) is 13.0. The van der Waals surface area contributed by atoms with Crippen LogP contribution in [0.1, 0.15) is 52.6 Å². The molecule has 0 aliphatic rings. The van der Waals surface area contributed by atoms with Crippen LogP contribution in [0.5, 0.6) is 5.75 Å². The fourth-order valence-electron chi connectivity index (χ4n) is 4.20. The summed E-state index contributed by atoms with van der Waals surface area (Å²) in [7, 11) is 1.53. The Hall–Kier alpha value is -4.07. The van der Waals surface area contributed by atoms with Crippen LogP contribution >= 0.6 is 0 Å². The second-order valence-corrected chi connectivity index (χ2v) is 10.8. The zero-order valence-electron chi connectivity index (χ0n) is 22.8. The van der Waals surface area contributed by atoms with Crippen molar-refractivity contribution >= 4 is 34.4 Å². The number of likely N-dealkylation sites (N-methyl/N-ethyl adjacent to an activating group) is 1. The van der Waals surface area contributed by atoms with E-state index in [2.05, 4.69) is 10.6 Å². The largest absolute Gasteiger partial charge is 0.508 e. The number of nitrogens with zero attached hydrogens (tertiary/aromatic N) is 1. The molecule has 0 bridgehead atoms. The van der Waals surface area contributed by atoms with Gasteiger partial charge in [0.25, 0.3) is 5.91 Å². The molecule has 0 aromatic heterocycles. The number of benzene rings is 3. The van der Waals surface area contributed by atoms with Crippen molar-refractivity contribution in [1.82, 2.24) is 10.2 Å². The van der Waals surface area contributed by atoms with E-state index in [1.807, 2.05) is 56.3 Å². The number of phenols is 1. The minimum atomic E-state index is -1.02. The molecule has 0 saturated carbocycles. The lowest BCUT2D eigenvalue weighted by Crippen LogP contribution is -2.51. The molecule has 8 heteroatoms. The summed E-state index contributed by atoms with van der Waals surface area (Å²) in [6.07, 6.45) is -0.344. The van der Waals surface area contributed by atoms with Gasteiger partial charge >= 0.3 is 6.09 Å². The molecule has 0 saturated heterocycles. The topological polar surface area (TPSA) is 108 Å². The Labute approximate surface area is 224 Å². The van der Waals surface area contributed by atoms with Crippen LogP contribution in [0.4, 0.5) is 10.5 Å². The molecule has 0 aliphatic carbocycles. The van der Waals surface area contributed by atoms with Gasteiger partial charge in [0.1, 0.15) is 23.4 Å². The number of carbonyl (C=O) groups is 3. The van der Waals surface area contributed by atoms with Gasteiger partial charge in [0, 0.05) is 12.7 Å². The fourth-order valence-corrected chi connectivity index (χ4v) is 4.20. The molecule has 0 heterocycles. The first-order valence-corrected chi connectivity index (χ1v) is 12.7. The number of rotatable bonds is 8. The van der Waals surface area contributed by atoms with Gasteiger partial charge in [-0.05, 0) is 73.7 Å². The lowest BCUT2D eigenvalue weighted by atomic mass is 9.99. The molecule has 2 atom stereocenters. The number of ether oxygens (including phenoxy) is 1.